The van der Waals surface area contributed by atoms with Crippen LogP contribution >= 0.6 is 0 Å². The minimum Gasteiger partial charge on any atom is -0.486 e. The molecule has 4 rings (SSSR count). The molecule has 1 aliphatic heterocycles. The fourth-order valence-electron chi connectivity index (χ4n) is 3.57. The van der Waals surface area contributed by atoms with Crippen molar-refractivity contribution in [1.29, 1.82) is 0 Å². The van der Waals surface area contributed by atoms with E-state index in [9.17, 15) is 4.79 Å². The van der Waals surface area contributed by atoms with E-state index in [2.05, 4.69) is 5.10 Å². The van der Waals surface area contributed by atoms with E-state index in [0.717, 1.165) is 28.6 Å². The molecule has 6 heteroatoms. The van der Waals surface area contributed by atoms with Gasteiger partial charge in [0.25, 0.3) is 5.91 Å². The van der Waals surface area contributed by atoms with Crippen LogP contribution in [0.2, 0.25) is 0 Å². The van der Waals surface area contributed by atoms with Gasteiger partial charge in [0.1, 0.15) is 6.61 Å². The Morgan fingerprint density at radius 1 is 1.14 bits per heavy atom. The van der Waals surface area contributed by atoms with Crippen LogP contribution in [0.4, 0.5) is 0 Å². The summed E-state index contributed by atoms with van der Waals surface area (Å²) >= 11 is 0. The van der Waals surface area contributed by atoms with Crippen LogP contribution in [0.5, 0.6) is 11.5 Å². The highest BCUT2D eigenvalue weighted by Gasteiger charge is 2.25. The fraction of sp³-hybridized carbons (Fsp3) is 0.304. The zero-order valence-corrected chi connectivity index (χ0v) is 17.0. The topological polar surface area (TPSA) is 56.6 Å². The lowest BCUT2D eigenvalue weighted by molar-refractivity contribution is 0.0475. The quantitative estimate of drug-likeness (QED) is 0.664. The molecule has 0 saturated carbocycles. The number of benzene rings is 2. The molecule has 3 aromatic rings. The second-order valence-electron chi connectivity index (χ2n) is 7.23. The van der Waals surface area contributed by atoms with Gasteiger partial charge in [-0.2, -0.15) is 5.10 Å². The minimum absolute atomic E-state index is 0.0186. The van der Waals surface area contributed by atoms with Crippen LogP contribution in [0.3, 0.4) is 0 Å². The molecule has 0 bridgehead atoms. The number of fused-ring (bicyclic) bond motifs is 1. The van der Waals surface area contributed by atoms with Crippen LogP contribution in [0, 0.1) is 13.8 Å². The molecule has 0 fully saturated rings. The van der Waals surface area contributed by atoms with Gasteiger partial charge in [-0.15, -0.1) is 0 Å². The third-order valence-electron chi connectivity index (χ3n) is 5.03. The second-order valence-corrected chi connectivity index (χ2v) is 7.23. The van der Waals surface area contributed by atoms with Crippen molar-refractivity contribution < 1.29 is 14.3 Å². The number of nitrogens with zero attached hydrogens (tertiary/aromatic N) is 3. The van der Waals surface area contributed by atoms with Crippen molar-refractivity contribution in [2.45, 2.75) is 26.9 Å². The molecule has 0 spiro atoms. The number of likely N-dealkylation sites (N-methyl/N-ethyl adjacent to an activating group) is 1. The molecule has 1 atom stereocenters. The van der Waals surface area contributed by atoms with E-state index in [1.807, 2.05) is 80.1 Å². The summed E-state index contributed by atoms with van der Waals surface area (Å²) in [5.74, 6) is 1.45. The van der Waals surface area contributed by atoms with Crippen molar-refractivity contribution in [1.82, 2.24) is 14.7 Å². The van der Waals surface area contributed by atoms with Gasteiger partial charge in [-0.05, 0) is 63.2 Å². The summed E-state index contributed by atoms with van der Waals surface area (Å²) in [4.78, 5) is 14.8. The van der Waals surface area contributed by atoms with Gasteiger partial charge in [-0.1, -0.05) is 12.1 Å². The normalized spacial score (nSPS) is 15.2. The van der Waals surface area contributed by atoms with E-state index in [-0.39, 0.29) is 12.0 Å². The molecule has 150 valence electrons. The Morgan fingerprint density at radius 3 is 2.52 bits per heavy atom. The third-order valence-corrected chi connectivity index (χ3v) is 5.03. The molecule has 0 radical (unpaired) electrons. The summed E-state index contributed by atoms with van der Waals surface area (Å²) in [5, 5.41) is 4.49. The first kappa shape index (κ1) is 19.1. The van der Waals surface area contributed by atoms with Gasteiger partial charge in [0.2, 0.25) is 0 Å². The maximum Gasteiger partial charge on any atom is 0.253 e. The van der Waals surface area contributed by atoms with E-state index >= 15 is 0 Å². The number of hydrogen-bond donors (Lipinski definition) is 0. The molecule has 1 unspecified atom stereocenters. The molecule has 29 heavy (non-hydrogen) atoms. The summed E-state index contributed by atoms with van der Waals surface area (Å²) in [6.45, 7) is 7.46. The number of aryl methyl sites for hydroxylation is 2. The zero-order valence-electron chi connectivity index (χ0n) is 17.0. The first-order valence-corrected chi connectivity index (χ1v) is 9.86. The minimum atomic E-state index is -0.192. The van der Waals surface area contributed by atoms with Gasteiger partial charge in [-0.25, -0.2) is 4.68 Å². The predicted octanol–water partition coefficient (Wildman–Crippen LogP) is 3.79. The number of carbonyl (C=O) groups is 1. The van der Waals surface area contributed by atoms with Gasteiger partial charge in [0, 0.05) is 17.8 Å². The molecule has 1 amide bonds. The molecular formula is C23H25N3O3. The smallest absolute Gasteiger partial charge is 0.253 e. The SMILES string of the molecule is CCN(CC1COc2ccccc2O1)C(=O)c1ccc(-n2nc(C)cc2C)cc1. The first-order chi connectivity index (χ1) is 14.0. The number of aromatic nitrogens is 2. The van der Waals surface area contributed by atoms with Crippen molar-refractivity contribution in [2.24, 2.45) is 0 Å². The molecular weight excluding hydrogens is 366 g/mol. The Kier molecular flexibility index (Phi) is 5.25. The molecule has 1 aliphatic rings. The Labute approximate surface area is 170 Å². The summed E-state index contributed by atoms with van der Waals surface area (Å²) in [6, 6.07) is 17.2. The fourth-order valence-corrected chi connectivity index (χ4v) is 3.57. The van der Waals surface area contributed by atoms with Crippen LogP contribution in [0.15, 0.2) is 54.6 Å². The Hall–Kier alpha value is -3.28. The molecule has 0 N–H and O–H groups in total. The number of hydrogen-bond acceptors (Lipinski definition) is 4. The van der Waals surface area contributed by atoms with Gasteiger partial charge >= 0.3 is 0 Å². The van der Waals surface area contributed by atoms with E-state index in [0.29, 0.717) is 25.3 Å². The van der Waals surface area contributed by atoms with Crippen LogP contribution < -0.4 is 9.47 Å². The van der Waals surface area contributed by atoms with Gasteiger partial charge in [0.05, 0.1) is 17.9 Å². The van der Waals surface area contributed by atoms with E-state index in [1.54, 1.807) is 4.90 Å². The van der Waals surface area contributed by atoms with Crippen LogP contribution in [0.1, 0.15) is 28.7 Å². The summed E-state index contributed by atoms with van der Waals surface area (Å²) in [5.41, 5.74) is 3.62. The molecule has 0 aliphatic carbocycles. The van der Waals surface area contributed by atoms with Crippen molar-refractivity contribution in [2.75, 3.05) is 19.7 Å². The van der Waals surface area contributed by atoms with E-state index in [4.69, 9.17) is 9.47 Å². The molecule has 1 aromatic heterocycles. The first-order valence-electron chi connectivity index (χ1n) is 9.86. The summed E-state index contributed by atoms with van der Waals surface area (Å²) < 4.78 is 13.7. The van der Waals surface area contributed by atoms with E-state index < -0.39 is 0 Å². The predicted molar refractivity (Wildman–Crippen MR) is 111 cm³/mol. The maximum atomic E-state index is 13.0. The number of amides is 1. The van der Waals surface area contributed by atoms with Gasteiger partial charge in [0.15, 0.2) is 17.6 Å². The Morgan fingerprint density at radius 2 is 1.86 bits per heavy atom. The standard InChI is InChI=1S/C23H25N3O3/c1-4-25(14-20-15-28-21-7-5-6-8-22(21)29-20)23(27)18-9-11-19(12-10-18)26-17(3)13-16(2)24-26/h5-13,20H,4,14-15H2,1-3H3. The number of rotatable bonds is 5. The highest BCUT2D eigenvalue weighted by Crippen LogP contribution is 2.31. The van der Waals surface area contributed by atoms with Crippen molar-refractivity contribution in [3.05, 3.63) is 71.5 Å². The van der Waals surface area contributed by atoms with Crippen molar-refractivity contribution in [3.8, 4) is 17.2 Å². The highest BCUT2D eigenvalue weighted by molar-refractivity contribution is 5.94. The lowest BCUT2D eigenvalue weighted by atomic mass is 10.1. The second kappa shape index (κ2) is 7.99. The van der Waals surface area contributed by atoms with Crippen LogP contribution in [-0.2, 0) is 0 Å². The maximum absolute atomic E-state index is 13.0. The van der Waals surface area contributed by atoms with Crippen molar-refractivity contribution in [3.63, 3.8) is 0 Å². The van der Waals surface area contributed by atoms with Crippen LogP contribution in [0.25, 0.3) is 5.69 Å². The zero-order chi connectivity index (χ0) is 20.4. The third kappa shape index (κ3) is 3.97. The summed E-state index contributed by atoms with van der Waals surface area (Å²) in [7, 11) is 0. The largest absolute Gasteiger partial charge is 0.486 e. The number of carbonyl (C=O) groups excluding carboxylic acids is 1. The molecule has 6 nitrogen and oxygen atoms in total. The summed E-state index contributed by atoms with van der Waals surface area (Å²) in [6.07, 6.45) is -0.192. The van der Waals surface area contributed by atoms with Gasteiger partial charge < -0.3 is 14.4 Å². The van der Waals surface area contributed by atoms with Crippen LogP contribution in [-0.4, -0.2) is 46.4 Å². The molecule has 2 heterocycles. The van der Waals surface area contributed by atoms with Gasteiger partial charge in [-0.3, -0.25) is 4.79 Å². The monoisotopic (exact) mass is 391 g/mol. The van der Waals surface area contributed by atoms with Crippen molar-refractivity contribution >= 4 is 5.91 Å². The average Bonchev–Trinajstić information content (AvgIpc) is 3.09. The average molecular weight is 391 g/mol. The number of ether oxygens (including phenoxy) is 2. The lowest BCUT2D eigenvalue weighted by Gasteiger charge is -2.31. The number of para-hydroxylation sites is 2. The molecule has 2 aromatic carbocycles. The molecule has 0 saturated heterocycles. The highest BCUT2D eigenvalue weighted by atomic mass is 16.6. The lowest BCUT2D eigenvalue weighted by Crippen LogP contribution is -2.43. The Balaban J connectivity index is 1.45. The Bertz CT molecular complexity index is 1010. The van der Waals surface area contributed by atoms with E-state index in [1.165, 1.54) is 0 Å².